The lowest BCUT2D eigenvalue weighted by Gasteiger charge is -2.46. The van der Waals surface area contributed by atoms with E-state index in [2.05, 4.69) is 16.1 Å². The molecule has 1 spiro atoms. The van der Waals surface area contributed by atoms with Gasteiger partial charge in [-0.05, 0) is 31.4 Å². The zero-order valence-corrected chi connectivity index (χ0v) is 15.0. The number of hydrogen-bond acceptors (Lipinski definition) is 6. The Morgan fingerprint density at radius 2 is 2.24 bits per heavy atom. The van der Waals surface area contributed by atoms with Crippen molar-refractivity contribution in [1.82, 2.24) is 16.1 Å². The smallest absolute Gasteiger partial charge is 0.392 e. The molecular weight excluding hydrogens is 353 g/mol. The van der Waals surface area contributed by atoms with Gasteiger partial charge in [-0.3, -0.25) is 5.84 Å². The fourth-order valence-electron chi connectivity index (χ4n) is 3.83. The maximum Gasteiger partial charge on any atom is 0.425 e. The summed E-state index contributed by atoms with van der Waals surface area (Å²) in [4.78, 5) is 0.165. The average Bonchev–Trinajstić information content (AvgIpc) is 2.98. The molecule has 1 fully saturated rings. The molecule has 140 valence electrons. The molecule has 3 atom stereocenters. The van der Waals surface area contributed by atoms with E-state index in [0.29, 0.717) is 30.7 Å². The lowest BCUT2D eigenvalue weighted by molar-refractivity contribution is -0.134. The molecule has 9 heteroatoms. The number of ether oxygens (including phenoxy) is 1. The number of hydrazine groups is 1. The third-order valence-electron chi connectivity index (χ3n) is 4.75. The first-order chi connectivity index (χ1) is 11.8. The Morgan fingerprint density at radius 1 is 1.48 bits per heavy atom. The first-order valence-electron chi connectivity index (χ1n) is 8.23. The molecule has 2 aliphatic heterocycles. The second-order valence-electron chi connectivity index (χ2n) is 6.62. The van der Waals surface area contributed by atoms with Crippen LogP contribution in [0.25, 0.3) is 0 Å². The quantitative estimate of drug-likeness (QED) is 0.481. The van der Waals surface area contributed by atoms with Gasteiger partial charge in [0.2, 0.25) is 0 Å². The Morgan fingerprint density at radius 3 is 2.88 bits per heavy atom. The van der Waals surface area contributed by atoms with Gasteiger partial charge in [0, 0.05) is 30.6 Å². The van der Waals surface area contributed by atoms with E-state index in [0.717, 1.165) is 22.6 Å². The van der Waals surface area contributed by atoms with Crippen molar-refractivity contribution in [3.8, 4) is 0 Å². The monoisotopic (exact) mass is 376 g/mol. The molecule has 0 aromatic carbocycles. The molecule has 5 nitrogen and oxygen atoms in total. The normalized spacial score (nSPS) is 30.2. The molecule has 3 rings (SSSR count). The third-order valence-corrected chi connectivity index (χ3v) is 6.16. The van der Waals surface area contributed by atoms with E-state index >= 15 is 0 Å². The van der Waals surface area contributed by atoms with Crippen LogP contribution in [-0.4, -0.2) is 25.7 Å². The van der Waals surface area contributed by atoms with Crippen molar-refractivity contribution < 1.29 is 17.9 Å². The average molecular weight is 376 g/mol. The van der Waals surface area contributed by atoms with Crippen molar-refractivity contribution in [3.05, 3.63) is 33.3 Å². The number of rotatable bonds is 3. The lowest BCUT2D eigenvalue weighted by Crippen LogP contribution is -2.55. The maximum atomic E-state index is 13.2. The number of hydrogen-bond donors (Lipinski definition) is 4. The molecule has 0 saturated carbocycles. The summed E-state index contributed by atoms with van der Waals surface area (Å²) >= 11 is 0.820. The Kier molecular flexibility index (Phi) is 5.02. The van der Waals surface area contributed by atoms with Crippen molar-refractivity contribution in [3.63, 3.8) is 0 Å². The van der Waals surface area contributed by atoms with E-state index in [4.69, 9.17) is 10.6 Å². The number of nitrogens with one attached hydrogen (secondary N) is 3. The minimum absolute atomic E-state index is 0.0785. The van der Waals surface area contributed by atoms with E-state index in [-0.39, 0.29) is 12.1 Å². The molecule has 1 aromatic rings. The van der Waals surface area contributed by atoms with E-state index in [1.165, 1.54) is 6.07 Å². The van der Waals surface area contributed by atoms with Crippen LogP contribution in [0.1, 0.15) is 35.1 Å². The van der Waals surface area contributed by atoms with Crippen LogP contribution in [0.4, 0.5) is 13.2 Å². The van der Waals surface area contributed by atoms with Crippen molar-refractivity contribution >= 4 is 11.3 Å². The van der Waals surface area contributed by atoms with Gasteiger partial charge in [0.15, 0.2) is 0 Å². The van der Waals surface area contributed by atoms with Crippen LogP contribution in [0, 0.1) is 0 Å². The molecule has 0 amide bonds. The van der Waals surface area contributed by atoms with Crippen LogP contribution in [-0.2, 0) is 22.9 Å². The van der Waals surface area contributed by atoms with E-state index < -0.39 is 16.7 Å². The highest BCUT2D eigenvalue weighted by molar-refractivity contribution is 7.12. The second-order valence-corrected chi connectivity index (χ2v) is 7.67. The van der Waals surface area contributed by atoms with Crippen molar-refractivity contribution in [2.75, 3.05) is 13.7 Å². The van der Waals surface area contributed by atoms with Gasteiger partial charge < -0.3 is 20.8 Å². The molecule has 0 radical (unpaired) electrons. The largest absolute Gasteiger partial charge is 0.425 e. The predicted octanol–water partition coefficient (Wildman–Crippen LogP) is 2.20. The molecule has 0 bridgehead atoms. The molecule has 5 N–H and O–H groups in total. The van der Waals surface area contributed by atoms with Crippen molar-refractivity contribution in [2.45, 2.75) is 50.0 Å². The summed E-state index contributed by atoms with van der Waals surface area (Å²) in [6, 6.07) is 1.23. The Labute approximate surface area is 148 Å². The fraction of sp³-hybridized carbons (Fsp3) is 0.625. The van der Waals surface area contributed by atoms with Gasteiger partial charge in [-0.25, -0.2) is 0 Å². The van der Waals surface area contributed by atoms with Crippen molar-refractivity contribution in [2.24, 2.45) is 5.84 Å². The number of alkyl halides is 3. The molecule has 0 unspecified atom stereocenters. The minimum Gasteiger partial charge on any atom is -0.392 e. The summed E-state index contributed by atoms with van der Waals surface area (Å²) in [6.07, 6.45) is -0.893. The highest BCUT2D eigenvalue weighted by Crippen LogP contribution is 2.49. The zero-order valence-electron chi connectivity index (χ0n) is 14.2. The molecule has 2 aliphatic rings. The third kappa shape index (κ3) is 3.51. The van der Waals surface area contributed by atoms with Gasteiger partial charge >= 0.3 is 6.18 Å². The van der Waals surface area contributed by atoms with Gasteiger partial charge in [-0.15, -0.1) is 11.3 Å². The summed E-state index contributed by atoms with van der Waals surface area (Å²) in [5.74, 6) is 5.62. The van der Waals surface area contributed by atoms with Gasteiger partial charge in [0.1, 0.15) is 10.5 Å². The predicted molar refractivity (Wildman–Crippen MR) is 90.7 cm³/mol. The molecule has 0 aliphatic carbocycles. The summed E-state index contributed by atoms with van der Waals surface area (Å²) in [5.41, 5.74) is 3.47. The molecule has 3 heterocycles. The van der Waals surface area contributed by atoms with E-state index in [1.807, 2.05) is 6.92 Å². The fourth-order valence-corrected chi connectivity index (χ4v) is 5.07. The Bertz CT molecular complexity index is 660. The number of fused-ring (bicyclic) bond motifs is 2. The molecular formula is C16H23F3N4OS. The molecule has 1 aromatic heterocycles. The summed E-state index contributed by atoms with van der Waals surface area (Å²) in [7, 11) is 1.77. The van der Waals surface area contributed by atoms with E-state index in [1.54, 1.807) is 13.2 Å². The molecule has 25 heavy (non-hydrogen) atoms. The summed E-state index contributed by atoms with van der Waals surface area (Å²) < 4.78 is 45.7. The zero-order chi connectivity index (χ0) is 18.2. The first kappa shape index (κ1) is 18.5. The first-order valence-corrected chi connectivity index (χ1v) is 9.05. The Balaban J connectivity index is 1.99. The highest BCUT2D eigenvalue weighted by Gasteiger charge is 2.48. The van der Waals surface area contributed by atoms with Crippen LogP contribution in [0.15, 0.2) is 18.0 Å². The van der Waals surface area contributed by atoms with Gasteiger partial charge in [0.05, 0.1) is 18.3 Å². The van der Waals surface area contributed by atoms with Crippen LogP contribution >= 0.6 is 11.3 Å². The van der Waals surface area contributed by atoms with Crippen molar-refractivity contribution in [1.29, 1.82) is 0 Å². The van der Waals surface area contributed by atoms with Gasteiger partial charge in [0.25, 0.3) is 0 Å². The molecule has 1 saturated heterocycles. The topological polar surface area (TPSA) is 71.3 Å². The van der Waals surface area contributed by atoms with E-state index in [9.17, 15) is 13.2 Å². The van der Waals surface area contributed by atoms with Crippen LogP contribution in [0.2, 0.25) is 0 Å². The Hall–Kier alpha value is -1.29. The number of thiophene rings is 1. The maximum absolute atomic E-state index is 13.2. The minimum atomic E-state index is -4.32. The standard InChI is InChI=1S/C16H23F3N4OS/c1-9-6-15(7-11(22-9)12(23-20)8-21-2)14-10(3-4-24-15)5-13(25-14)16(17,18)19/h5,8-9,11,21-23H,3-4,6-7,20H2,1-2H3/b12-8-/t9-,11-,15-/m0/s1. The highest BCUT2D eigenvalue weighted by atomic mass is 32.1. The number of piperidine rings is 1. The van der Waals surface area contributed by atoms with Crippen LogP contribution < -0.4 is 21.9 Å². The number of halogens is 3. The van der Waals surface area contributed by atoms with Gasteiger partial charge in [-0.2, -0.15) is 13.2 Å². The van der Waals surface area contributed by atoms with Crippen LogP contribution in [0.5, 0.6) is 0 Å². The summed E-state index contributed by atoms with van der Waals surface area (Å²) in [5, 5.41) is 6.38. The lowest BCUT2D eigenvalue weighted by atomic mass is 9.79. The number of nitrogens with two attached hydrogens (primary N) is 1. The van der Waals surface area contributed by atoms with Crippen LogP contribution in [0.3, 0.4) is 0 Å². The SMILES string of the molecule is CN/C=C(\NN)[C@@H]1C[C@]2(C[C@H](C)N1)OCCc1cc(C(F)(F)F)sc12. The van der Waals surface area contributed by atoms with Gasteiger partial charge in [-0.1, -0.05) is 0 Å². The summed E-state index contributed by atoms with van der Waals surface area (Å²) in [6.45, 7) is 2.44. The second kappa shape index (κ2) is 6.79.